The van der Waals surface area contributed by atoms with E-state index >= 15 is 0 Å². The quantitative estimate of drug-likeness (QED) is 0.134. The van der Waals surface area contributed by atoms with Crippen LogP contribution in [0.25, 0.3) is 44.5 Å². The van der Waals surface area contributed by atoms with Gasteiger partial charge in [0.25, 0.3) is 0 Å². The fourth-order valence-corrected chi connectivity index (χ4v) is 7.99. The fraction of sp³-hybridized carbons (Fsp3) is 0.0769. The van der Waals surface area contributed by atoms with Gasteiger partial charge in [-0.1, -0.05) is 142 Å². The Morgan fingerprint density at radius 1 is 0.245 bits per heavy atom. The van der Waals surface area contributed by atoms with Crippen LogP contribution in [-0.4, -0.2) is 0 Å². The van der Waals surface area contributed by atoms with Gasteiger partial charge < -0.3 is 0 Å². The van der Waals surface area contributed by atoms with Crippen molar-refractivity contribution in [1.29, 1.82) is 0 Å². The molecule has 12 rings (SSSR count). The minimum absolute atomic E-state index is 0. The average Bonchev–Trinajstić information content (AvgIpc) is 3.98. The monoisotopic (exact) mass is 800 g/mol. The van der Waals surface area contributed by atoms with Gasteiger partial charge in [0.2, 0.25) is 0 Å². The molecule has 4 aliphatic carbocycles. The summed E-state index contributed by atoms with van der Waals surface area (Å²) in [7, 11) is 0. The number of benzene rings is 8. The van der Waals surface area contributed by atoms with E-state index in [2.05, 4.69) is 170 Å². The van der Waals surface area contributed by atoms with Crippen molar-refractivity contribution in [1.82, 2.24) is 0 Å². The SMILES string of the molecule is [Ce+4].[c-]1cccc2c1Cc1ccccc1-2.[c-]1cccc2c1Cc1ccccc1-2.[c-]1cccc2c1Cc1ccccc1-2.[c-]1cccc2c1Cc1ccccc1-2. The predicted octanol–water partition coefficient (Wildman–Crippen LogP) is 12.2. The van der Waals surface area contributed by atoms with Crippen molar-refractivity contribution >= 4 is 0 Å². The summed E-state index contributed by atoms with van der Waals surface area (Å²) < 4.78 is 0. The van der Waals surface area contributed by atoms with E-state index in [1.165, 1.54) is 89.0 Å². The minimum atomic E-state index is 0. The molecule has 1 heteroatoms. The van der Waals surface area contributed by atoms with Gasteiger partial charge in [0.1, 0.15) is 0 Å². The third kappa shape index (κ3) is 7.24. The van der Waals surface area contributed by atoms with Crippen molar-refractivity contribution in [2.75, 3.05) is 0 Å². The van der Waals surface area contributed by atoms with Crippen LogP contribution < -0.4 is 0 Å². The van der Waals surface area contributed by atoms with Crippen molar-refractivity contribution in [2.24, 2.45) is 0 Å². The first kappa shape index (κ1) is 35.2. The molecule has 4 aliphatic rings. The zero-order chi connectivity index (χ0) is 34.7. The molecule has 0 amide bonds. The van der Waals surface area contributed by atoms with Crippen molar-refractivity contribution in [3.8, 4) is 44.5 Å². The summed E-state index contributed by atoms with van der Waals surface area (Å²) in [6.07, 6.45) is 4.19. The van der Waals surface area contributed by atoms with Crippen LogP contribution in [0.15, 0.2) is 170 Å². The Bertz CT molecular complexity index is 2010. The molecule has 248 valence electrons. The molecule has 0 radical (unpaired) electrons. The fourth-order valence-electron chi connectivity index (χ4n) is 7.99. The summed E-state index contributed by atoms with van der Waals surface area (Å²) in [5.74, 6) is 0. The third-order valence-corrected chi connectivity index (χ3v) is 10.5. The van der Waals surface area contributed by atoms with Gasteiger partial charge >= 0.3 is 41.7 Å². The Morgan fingerprint density at radius 2 is 0.453 bits per heavy atom. The molecule has 0 bridgehead atoms. The van der Waals surface area contributed by atoms with Gasteiger partial charge in [-0.3, -0.25) is 0 Å². The maximum absolute atomic E-state index is 3.30. The normalized spacial score (nSPS) is 12.1. The number of hydrogen-bond acceptors (Lipinski definition) is 0. The van der Waals surface area contributed by atoms with Gasteiger partial charge in [0.05, 0.1) is 0 Å². The van der Waals surface area contributed by atoms with Gasteiger partial charge in [-0.2, -0.15) is 119 Å². The van der Waals surface area contributed by atoms with E-state index in [0.717, 1.165) is 25.7 Å². The van der Waals surface area contributed by atoms with Gasteiger partial charge in [-0.05, 0) is 25.7 Å². The molecule has 0 fully saturated rings. The van der Waals surface area contributed by atoms with Crippen LogP contribution in [0.4, 0.5) is 0 Å². The Balaban J connectivity index is 0.0000001000. The maximum atomic E-state index is 3.30. The number of fused-ring (bicyclic) bond motifs is 12. The molecule has 0 aliphatic heterocycles. The Morgan fingerprint density at radius 3 is 0.698 bits per heavy atom. The molecule has 0 nitrogen and oxygen atoms in total. The van der Waals surface area contributed by atoms with E-state index in [9.17, 15) is 0 Å². The zero-order valence-corrected chi connectivity index (χ0v) is 32.6. The summed E-state index contributed by atoms with van der Waals surface area (Å²) in [5.41, 5.74) is 22.0. The molecule has 0 saturated heterocycles. The van der Waals surface area contributed by atoms with Crippen molar-refractivity contribution in [3.63, 3.8) is 0 Å². The summed E-state index contributed by atoms with van der Waals surface area (Å²) in [4.78, 5) is 0. The van der Waals surface area contributed by atoms with Gasteiger partial charge in [0.15, 0.2) is 0 Å². The Hall–Kier alpha value is -4.86. The molecular weight excluding hydrogens is 765 g/mol. The largest absolute Gasteiger partial charge is 4.00 e. The molecule has 0 unspecified atom stereocenters. The second kappa shape index (κ2) is 16.0. The first-order valence-electron chi connectivity index (χ1n) is 18.1. The standard InChI is InChI=1S/4C13H9.Ce/c4*1-3-7-12-10(5-1)9-11-6-2-4-8-13(11)12;/h4*1-5,7-8H,9H2;/q4*-1;+4. The summed E-state index contributed by atoms with van der Waals surface area (Å²) in [5, 5.41) is 0. The van der Waals surface area contributed by atoms with Crippen LogP contribution in [0.2, 0.25) is 0 Å². The van der Waals surface area contributed by atoms with Crippen LogP contribution in [0.3, 0.4) is 0 Å². The van der Waals surface area contributed by atoms with Gasteiger partial charge in [-0.25, -0.2) is 0 Å². The molecule has 53 heavy (non-hydrogen) atoms. The molecule has 0 atom stereocenters. The zero-order valence-electron chi connectivity index (χ0n) is 29.5. The van der Waals surface area contributed by atoms with E-state index in [1.807, 2.05) is 24.3 Å². The topological polar surface area (TPSA) is 0 Å². The summed E-state index contributed by atoms with van der Waals surface area (Å²) in [6, 6.07) is 72.4. The van der Waals surface area contributed by atoms with Crippen LogP contribution in [0.5, 0.6) is 0 Å². The second-order valence-corrected chi connectivity index (χ2v) is 13.6. The smallest absolute Gasteiger partial charge is 0.179 e. The van der Waals surface area contributed by atoms with Crippen molar-refractivity contribution in [2.45, 2.75) is 25.7 Å². The van der Waals surface area contributed by atoms with Crippen molar-refractivity contribution < 1.29 is 41.7 Å². The van der Waals surface area contributed by atoms with Gasteiger partial charge in [-0.15, -0.1) is 22.3 Å². The molecular formula is C52H36Ce. The molecule has 0 saturated carbocycles. The maximum Gasteiger partial charge on any atom is 4.00 e. The van der Waals surface area contributed by atoms with Crippen molar-refractivity contribution in [3.05, 3.63) is 239 Å². The van der Waals surface area contributed by atoms with Crippen LogP contribution >= 0.6 is 0 Å². The average molecular weight is 801 g/mol. The molecule has 0 spiro atoms. The first-order valence-corrected chi connectivity index (χ1v) is 18.1. The Labute approximate surface area is 347 Å². The molecule has 0 aromatic heterocycles. The molecule has 0 N–H and O–H groups in total. The number of rotatable bonds is 0. The first-order chi connectivity index (χ1) is 25.8. The molecule has 8 aromatic carbocycles. The minimum Gasteiger partial charge on any atom is -0.179 e. The van der Waals surface area contributed by atoms with E-state index in [-0.39, 0.29) is 41.7 Å². The second-order valence-electron chi connectivity index (χ2n) is 13.6. The molecule has 0 heterocycles. The molecule has 8 aromatic rings. The summed E-state index contributed by atoms with van der Waals surface area (Å²) >= 11 is 0. The summed E-state index contributed by atoms with van der Waals surface area (Å²) in [6.45, 7) is 0. The van der Waals surface area contributed by atoms with E-state index < -0.39 is 0 Å². The van der Waals surface area contributed by atoms with Crippen LogP contribution in [-0.2, 0) is 25.7 Å². The van der Waals surface area contributed by atoms with E-state index in [4.69, 9.17) is 0 Å². The predicted molar refractivity (Wildman–Crippen MR) is 214 cm³/mol. The number of hydrogen-bond donors (Lipinski definition) is 0. The van der Waals surface area contributed by atoms with Crippen LogP contribution in [0, 0.1) is 66.0 Å². The van der Waals surface area contributed by atoms with E-state index in [0.29, 0.717) is 0 Å². The van der Waals surface area contributed by atoms with E-state index in [1.54, 1.807) is 0 Å². The van der Waals surface area contributed by atoms with Crippen LogP contribution in [0.1, 0.15) is 44.5 Å². The van der Waals surface area contributed by atoms with Gasteiger partial charge in [0, 0.05) is 0 Å². The Kier molecular flexibility index (Phi) is 10.6. The third-order valence-electron chi connectivity index (χ3n) is 10.5.